The average molecular weight is 320 g/mol. The summed E-state index contributed by atoms with van der Waals surface area (Å²) in [7, 11) is 0. The molecule has 23 heavy (non-hydrogen) atoms. The molecule has 1 aromatic carbocycles. The van der Waals surface area contributed by atoms with Crippen LogP contribution in [0.25, 0.3) is 0 Å². The number of halogens is 2. The van der Waals surface area contributed by atoms with E-state index in [1.807, 2.05) is 0 Å². The molecule has 2 aromatic rings. The van der Waals surface area contributed by atoms with Gasteiger partial charge in [0, 0.05) is 30.6 Å². The molecule has 0 spiro atoms. The van der Waals surface area contributed by atoms with Crippen molar-refractivity contribution in [3.05, 3.63) is 53.9 Å². The van der Waals surface area contributed by atoms with E-state index in [9.17, 15) is 13.6 Å². The molecule has 1 aliphatic heterocycles. The predicted molar refractivity (Wildman–Crippen MR) is 80.5 cm³/mol. The summed E-state index contributed by atoms with van der Waals surface area (Å²) >= 11 is 0. The molecule has 2 heterocycles. The van der Waals surface area contributed by atoms with E-state index in [1.165, 1.54) is 12.1 Å². The van der Waals surface area contributed by atoms with Gasteiger partial charge in [-0.05, 0) is 38.1 Å². The molecule has 0 aliphatic carbocycles. The Morgan fingerprint density at radius 2 is 2.13 bits per heavy atom. The zero-order valence-electron chi connectivity index (χ0n) is 12.6. The quantitative estimate of drug-likeness (QED) is 0.899. The number of amides is 1. The first kappa shape index (κ1) is 15.6. The molecule has 7 heteroatoms. The zero-order valence-corrected chi connectivity index (χ0v) is 12.6. The summed E-state index contributed by atoms with van der Waals surface area (Å²) in [6.45, 7) is 1.43. The summed E-state index contributed by atoms with van der Waals surface area (Å²) in [4.78, 5) is 12.8. The van der Waals surface area contributed by atoms with Crippen LogP contribution in [0.5, 0.6) is 0 Å². The van der Waals surface area contributed by atoms with E-state index in [0.29, 0.717) is 25.9 Å². The predicted octanol–water partition coefficient (Wildman–Crippen LogP) is 1.56. The molecule has 0 bridgehead atoms. The van der Waals surface area contributed by atoms with E-state index in [-0.39, 0.29) is 18.0 Å². The topological polar surface area (TPSA) is 59.0 Å². The first-order chi connectivity index (χ1) is 11.1. The summed E-state index contributed by atoms with van der Waals surface area (Å²) in [6.07, 6.45) is 4.61. The molecule has 1 fully saturated rings. The standard InChI is InChI=1S/C16H18F2N4O/c17-13-3-2-12(14(18)10-13)11-20-15(23)16(4-7-19-8-5-16)22-9-1-6-21-22/h1-3,6,9-10,19H,4-5,7-8,11H2,(H,20,23). The number of benzene rings is 1. The molecule has 5 nitrogen and oxygen atoms in total. The van der Waals surface area contributed by atoms with Gasteiger partial charge in [0.05, 0.1) is 0 Å². The van der Waals surface area contributed by atoms with Gasteiger partial charge in [-0.3, -0.25) is 9.48 Å². The average Bonchev–Trinajstić information content (AvgIpc) is 3.09. The van der Waals surface area contributed by atoms with Gasteiger partial charge < -0.3 is 10.6 Å². The van der Waals surface area contributed by atoms with E-state index in [1.54, 1.807) is 23.1 Å². The van der Waals surface area contributed by atoms with Crippen LogP contribution in [0.1, 0.15) is 18.4 Å². The fourth-order valence-electron chi connectivity index (χ4n) is 2.93. The molecule has 0 unspecified atom stereocenters. The Kier molecular flexibility index (Phi) is 4.38. The molecule has 1 aromatic heterocycles. The normalized spacial score (nSPS) is 17.0. The van der Waals surface area contributed by atoms with E-state index in [0.717, 1.165) is 6.07 Å². The van der Waals surface area contributed by atoms with Crippen LogP contribution >= 0.6 is 0 Å². The number of aromatic nitrogens is 2. The molecule has 0 atom stereocenters. The summed E-state index contributed by atoms with van der Waals surface area (Å²) in [5.41, 5.74) is -0.519. The lowest BCUT2D eigenvalue weighted by Gasteiger charge is -2.36. The van der Waals surface area contributed by atoms with Gasteiger partial charge in [-0.2, -0.15) is 5.10 Å². The van der Waals surface area contributed by atoms with Crippen molar-refractivity contribution in [2.45, 2.75) is 24.9 Å². The van der Waals surface area contributed by atoms with Gasteiger partial charge in [0.15, 0.2) is 0 Å². The van der Waals surface area contributed by atoms with Gasteiger partial charge in [-0.25, -0.2) is 8.78 Å². The van der Waals surface area contributed by atoms with Gasteiger partial charge >= 0.3 is 0 Å². The highest BCUT2D eigenvalue weighted by molar-refractivity contribution is 5.84. The molecule has 1 saturated heterocycles. The number of carbonyl (C=O) groups excluding carboxylic acids is 1. The minimum absolute atomic E-state index is 0.0153. The molecule has 1 amide bonds. The number of rotatable bonds is 4. The fraction of sp³-hybridized carbons (Fsp3) is 0.375. The third kappa shape index (κ3) is 3.10. The van der Waals surface area contributed by atoms with Crippen LogP contribution in [-0.4, -0.2) is 28.8 Å². The number of hydrogen-bond acceptors (Lipinski definition) is 3. The molecule has 3 rings (SSSR count). The molecular weight excluding hydrogens is 302 g/mol. The Morgan fingerprint density at radius 1 is 1.35 bits per heavy atom. The smallest absolute Gasteiger partial charge is 0.248 e. The minimum atomic E-state index is -0.773. The highest BCUT2D eigenvalue weighted by Gasteiger charge is 2.41. The molecule has 0 saturated carbocycles. The first-order valence-electron chi connectivity index (χ1n) is 7.55. The van der Waals surface area contributed by atoms with Gasteiger partial charge in [-0.1, -0.05) is 6.07 Å². The first-order valence-corrected chi connectivity index (χ1v) is 7.55. The molecule has 2 N–H and O–H groups in total. The van der Waals surface area contributed by atoms with Crippen molar-refractivity contribution in [2.75, 3.05) is 13.1 Å². The second kappa shape index (κ2) is 6.45. The van der Waals surface area contributed by atoms with Gasteiger partial charge in [-0.15, -0.1) is 0 Å². The monoisotopic (exact) mass is 320 g/mol. The van der Waals surface area contributed by atoms with E-state index in [4.69, 9.17) is 0 Å². The van der Waals surface area contributed by atoms with Crippen molar-refractivity contribution in [1.82, 2.24) is 20.4 Å². The lowest BCUT2D eigenvalue weighted by Crippen LogP contribution is -2.54. The highest BCUT2D eigenvalue weighted by Crippen LogP contribution is 2.27. The van der Waals surface area contributed by atoms with Gasteiger partial charge in [0.2, 0.25) is 5.91 Å². The van der Waals surface area contributed by atoms with E-state index in [2.05, 4.69) is 15.7 Å². The van der Waals surface area contributed by atoms with Crippen molar-refractivity contribution in [2.24, 2.45) is 0 Å². The second-order valence-electron chi connectivity index (χ2n) is 5.65. The van der Waals surface area contributed by atoms with Crippen molar-refractivity contribution in [1.29, 1.82) is 0 Å². The maximum atomic E-state index is 13.7. The Labute approximate surface area is 132 Å². The number of carbonyl (C=O) groups is 1. The molecule has 1 aliphatic rings. The Hall–Kier alpha value is -2.28. The fourth-order valence-corrected chi connectivity index (χ4v) is 2.93. The zero-order chi connectivity index (χ0) is 16.3. The Bertz CT molecular complexity index is 681. The summed E-state index contributed by atoms with van der Waals surface area (Å²) in [5, 5.41) is 10.2. The van der Waals surface area contributed by atoms with E-state index >= 15 is 0 Å². The Morgan fingerprint density at radius 3 is 2.78 bits per heavy atom. The van der Waals surface area contributed by atoms with Crippen molar-refractivity contribution in [3.63, 3.8) is 0 Å². The second-order valence-corrected chi connectivity index (χ2v) is 5.65. The lowest BCUT2D eigenvalue weighted by molar-refractivity contribution is -0.132. The summed E-state index contributed by atoms with van der Waals surface area (Å²) in [6, 6.07) is 5.11. The number of nitrogens with zero attached hydrogens (tertiary/aromatic N) is 2. The largest absolute Gasteiger partial charge is 0.350 e. The maximum Gasteiger partial charge on any atom is 0.248 e. The van der Waals surface area contributed by atoms with Gasteiger partial charge in [0.25, 0.3) is 0 Å². The highest BCUT2D eigenvalue weighted by atomic mass is 19.1. The third-order valence-corrected chi connectivity index (χ3v) is 4.25. The van der Waals surface area contributed by atoms with E-state index < -0.39 is 17.2 Å². The number of nitrogens with one attached hydrogen (secondary N) is 2. The van der Waals surface area contributed by atoms with Crippen LogP contribution in [0.2, 0.25) is 0 Å². The maximum absolute atomic E-state index is 13.7. The van der Waals surface area contributed by atoms with Crippen LogP contribution in [-0.2, 0) is 16.9 Å². The van der Waals surface area contributed by atoms with Crippen LogP contribution in [0, 0.1) is 11.6 Å². The lowest BCUT2D eigenvalue weighted by atomic mass is 9.87. The number of hydrogen-bond donors (Lipinski definition) is 2. The Balaban J connectivity index is 1.77. The molecule has 0 radical (unpaired) electrons. The molecule has 122 valence electrons. The van der Waals surface area contributed by atoms with Crippen LogP contribution in [0.4, 0.5) is 8.78 Å². The van der Waals surface area contributed by atoms with Crippen molar-refractivity contribution in [3.8, 4) is 0 Å². The number of piperidine rings is 1. The third-order valence-electron chi connectivity index (χ3n) is 4.25. The molecular formula is C16H18F2N4O. The van der Waals surface area contributed by atoms with Crippen LogP contribution in [0.15, 0.2) is 36.7 Å². The summed E-state index contributed by atoms with van der Waals surface area (Å²) < 4.78 is 28.3. The van der Waals surface area contributed by atoms with Crippen LogP contribution < -0.4 is 10.6 Å². The van der Waals surface area contributed by atoms with Gasteiger partial charge in [0.1, 0.15) is 17.2 Å². The summed E-state index contributed by atoms with van der Waals surface area (Å²) in [5.74, 6) is -1.50. The van der Waals surface area contributed by atoms with Crippen LogP contribution in [0.3, 0.4) is 0 Å². The van der Waals surface area contributed by atoms with Crippen molar-refractivity contribution < 1.29 is 13.6 Å². The SMILES string of the molecule is O=C(NCc1ccc(F)cc1F)C1(n2cccn2)CCNCC1. The van der Waals surface area contributed by atoms with Crippen molar-refractivity contribution >= 4 is 5.91 Å². The minimum Gasteiger partial charge on any atom is -0.350 e.